The van der Waals surface area contributed by atoms with Crippen molar-refractivity contribution in [3.63, 3.8) is 0 Å². The summed E-state index contributed by atoms with van der Waals surface area (Å²) >= 11 is 0. The van der Waals surface area contributed by atoms with E-state index in [1.807, 2.05) is 13.8 Å². The third kappa shape index (κ3) is 3.47. The third-order valence-electron chi connectivity index (χ3n) is 12.7. The van der Waals surface area contributed by atoms with Crippen LogP contribution < -0.4 is 0 Å². The van der Waals surface area contributed by atoms with Crippen LogP contribution in [0.15, 0.2) is 0 Å². The minimum atomic E-state index is -0.530. The largest absolute Gasteiger partial charge is 0.390 e. The fraction of sp³-hybridized carbons (Fsp3) is 1.00. The van der Waals surface area contributed by atoms with E-state index < -0.39 is 5.60 Å². The predicted octanol–water partition coefficient (Wildman–Crippen LogP) is 7.22. The second kappa shape index (κ2) is 7.71. The summed E-state index contributed by atoms with van der Waals surface area (Å²) in [6.07, 6.45) is 15.0. The molecule has 0 unspecified atom stereocenters. The summed E-state index contributed by atoms with van der Waals surface area (Å²) in [6.45, 7) is 14.0. The molecule has 5 aliphatic rings. The zero-order chi connectivity index (χ0) is 23.1. The quantitative estimate of drug-likeness (QED) is 0.470. The SMILES string of the molecule is CC[C@]1(O)CC[C@@]2(C)[C@@H](CC[C@H]3[C@@H]4[C@H]5CC[C@H]5[C@H]([C@H](C)CCC(C)(C)O)[C@@]4(C)CC[C@@H]32)C1. The predicted molar refractivity (Wildman–Crippen MR) is 132 cm³/mol. The van der Waals surface area contributed by atoms with Gasteiger partial charge in [0.05, 0.1) is 11.2 Å². The molecule has 2 heteroatoms. The van der Waals surface area contributed by atoms with E-state index in [1.165, 1.54) is 51.4 Å². The topological polar surface area (TPSA) is 40.5 Å². The molecular formula is C30H52O2. The molecule has 0 spiro atoms. The van der Waals surface area contributed by atoms with E-state index in [2.05, 4.69) is 27.7 Å². The van der Waals surface area contributed by atoms with Crippen LogP contribution in [0.3, 0.4) is 0 Å². The first-order valence-corrected chi connectivity index (χ1v) is 14.4. The van der Waals surface area contributed by atoms with Crippen molar-refractivity contribution >= 4 is 0 Å². The lowest BCUT2D eigenvalue weighted by molar-refractivity contribution is -0.157. The van der Waals surface area contributed by atoms with Crippen LogP contribution >= 0.6 is 0 Å². The fourth-order valence-corrected chi connectivity index (χ4v) is 10.9. The van der Waals surface area contributed by atoms with E-state index in [4.69, 9.17) is 0 Å². The summed E-state index contributed by atoms with van der Waals surface area (Å²) in [5.74, 6) is 7.07. The molecule has 0 aromatic rings. The van der Waals surface area contributed by atoms with Crippen LogP contribution in [0.4, 0.5) is 0 Å². The molecule has 0 aromatic carbocycles. The Labute approximate surface area is 198 Å². The monoisotopic (exact) mass is 444 g/mol. The molecule has 32 heavy (non-hydrogen) atoms. The third-order valence-corrected chi connectivity index (χ3v) is 12.7. The molecular weight excluding hydrogens is 392 g/mol. The average molecular weight is 445 g/mol. The molecule has 0 radical (unpaired) electrons. The van der Waals surface area contributed by atoms with Gasteiger partial charge in [0.25, 0.3) is 0 Å². The molecule has 5 rings (SSSR count). The molecule has 0 amide bonds. The summed E-state index contributed by atoms with van der Waals surface area (Å²) in [6, 6.07) is 0. The van der Waals surface area contributed by atoms with Gasteiger partial charge in [-0.2, -0.15) is 0 Å². The van der Waals surface area contributed by atoms with E-state index in [9.17, 15) is 10.2 Å². The lowest BCUT2D eigenvalue weighted by atomic mass is 9.43. The van der Waals surface area contributed by atoms with Crippen LogP contribution in [0.1, 0.15) is 119 Å². The van der Waals surface area contributed by atoms with Crippen molar-refractivity contribution < 1.29 is 10.2 Å². The van der Waals surface area contributed by atoms with Crippen LogP contribution in [0.25, 0.3) is 0 Å². The van der Waals surface area contributed by atoms with Gasteiger partial charge in [0.2, 0.25) is 0 Å². The Balaban J connectivity index is 1.38. The van der Waals surface area contributed by atoms with Crippen molar-refractivity contribution in [2.24, 2.45) is 58.2 Å². The molecule has 5 fully saturated rings. The molecule has 0 heterocycles. The molecule has 0 saturated heterocycles. The lowest BCUT2D eigenvalue weighted by Crippen LogP contribution is -2.56. The van der Waals surface area contributed by atoms with Crippen LogP contribution in [-0.2, 0) is 0 Å². The van der Waals surface area contributed by atoms with Crippen molar-refractivity contribution in [2.75, 3.05) is 0 Å². The molecule has 5 saturated carbocycles. The zero-order valence-corrected chi connectivity index (χ0v) is 22.0. The Morgan fingerprint density at radius 3 is 2.22 bits per heavy atom. The van der Waals surface area contributed by atoms with Crippen LogP contribution in [0.2, 0.25) is 0 Å². The van der Waals surface area contributed by atoms with Crippen molar-refractivity contribution in [2.45, 2.75) is 130 Å². The minimum Gasteiger partial charge on any atom is -0.390 e. The number of hydrogen-bond acceptors (Lipinski definition) is 2. The Hall–Kier alpha value is -0.0800. The lowest BCUT2D eigenvalue weighted by Gasteiger charge is -2.63. The molecule has 11 atom stereocenters. The van der Waals surface area contributed by atoms with Gasteiger partial charge in [0.1, 0.15) is 0 Å². The van der Waals surface area contributed by atoms with Crippen molar-refractivity contribution in [3.05, 3.63) is 0 Å². The van der Waals surface area contributed by atoms with Gasteiger partial charge < -0.3 is 10.2 Å². The summed E-state index contributed by atoms with van der Waals surface area (Å²) in [4.78, 5) is 0. The first-order valence-electron chi connectivity index (χ1n) is 14.4. The molecule has 2 nitrogen and oxygen atoms in total. The van der Waals surface area contributed by atoms with Crippen molar-refractivity contribution in [1.82, 2.24) is 0 Å². The van der Waals surface area contributed by atoms with Gasteiger partial charge in [-0.3, -0.25) is 0 Å². The van der Waals surface area contributed by atoms with Gasteiger partial charge in [-0.05, 0) is 149 Å². The molecule has 0 bridgehead atoms. The molecule has 5 aliphatic carbocycles. The van der Waals surface area contributed by atoms with E-state index in [0.717, 1.165) is 73.0 Å². The highest BCUT2D eigenvalue weighted by atomic mass is 16.3. The second-order valence-electron chi connectivity index (χ2n) is 14.7. The van der Waals surface area contributed by atoms with E-state index in [-0.39, 0.29) is 5.60 Å². The highest BCUT2D eigenvalue weighted by Crippen LogP contribution is 2.74. The van der Waals surface area contributed by atoms with Gasteiger partial charge in [-0.15, -0.1) is 0 Å². The van der Waals surface area contributed by atoms with Gasteiger partial charge in [-0.25, -0.2) is 0 Å². The molecule has 184 valence electrons. The van der Waals surface area contributed by atoms with Crippen molar-refractivity contribution in [3.8, 4) is 0 Å². The van der Waals surface area contributed by atoms with Crippen LogP contribution in [0.5, 0.6) is 0 Å². The number of fused-ring (bicyclic) bond motifs is 7. The highest BCUT2D eigenvalue weighted by Gasteiger charge is 2.68. The van der Waals surface area contributed by atoms with Gasteiger partial charge in [-0.1, -0.05) is 27.7 Å². The number of hydrogen-bond donors (Lipinski definition) is 2. The summed E-state index contributed by atoms with van der Waals surface area (Å²) in [5, 5.41) is 21.5. The Morgan fingerprint density at radius 1 is 0.906 bits per heavy atom. The van der Waals surface area contributed by atoms with E-state index in [0.29, 0.717) is 10.8 Å². The zero-order valence-electron chi connectivity index (χ0n) is 22.0. The fourth-order valence-electron chi connectivity index (χ4n) is 10.9. The highest BCUT2D eigenvalue weighted by molar-refractivity contribution is 5.16. The first-order chi connectivity index (χ1) is 14.9. The Kier molecular flexibility index (Phi) is 5.70. The molecule has 0 aliphatic heterocycles. The normalized spacial score (nSPS) is 53.4. The molecule has 0 aromatic heterocycles. The average Bonchev–Trinajstić information content (AvgIpc) is 2.89. The van der Waals surface area contributed by atoms with Gasteiger partial charge in [0.15, 0.2) is 0 Å². The number of rotatable bonds is 5. The van der Waals surface area contributed by atoms with Gasteiger partial charge >= 0.3 is 0 Å². The van der Waals surface area contributed by atoms with E-state index in [1.54, 1.807) is 0 Å². The van der Waals surface area contributed by atoms with E-state index >= 15 is 0 Å². The maximum atomic E-state index is 11.1. The molecule has 2 N–H and O–H groups in total. The van der Waals surface area contributed by atoms with Gasteiger partial charge in [0, 0.05) is 0 Å². The van der Waals surface area contributed by atoms with Crippen LogP contribution in [0, 0.1) is 58.2 Å². The minimum absolute atomic E-state index is 0.381. The Morgan fingerprint density at radius 2 is 1.59 bits per heavy atom. The summed E-state index contributed by atoms with van der Waals surface area (Å²) < 4.78 is 0. The first kappa shape index (κ1) is 23.7. The second-order valence-corrected chi connectivity index (χ2v) is 14.7. The van der Waals surface area contributed by atoms with Crippen molar-refractivity contribution in [1.29, 1.82) is 0 Å². The maximum Gasteiger partial charge on any atom is 0.0648 e. The van der Waals surface area contributed by atoms with Crippen LogP contribution in [-0.4, -0.2) is 21.4 Å². The standard InChI is InChI=1S/C30H52O2/c1-7-30(32)17-16-28(5)20(18-30)8-9-23-24(28)13-15-29(6)25(19(2)12-14-27(3,4)31)21-10-11-22(21)26(23)29/h19-26,31-32H,7-18H2,1-6H3/t19-,20+,21-,22+,23-,24+,25+,26+,28+,29-,30+/m1/s1. The summed E-state index contributed by atoms with van der Waals surface area (Å²) in [5.41, 5.74) is 0.0788. The Bertz CT molecular complexity index is 710. The maximum absolute atomic E-state index is 11.1. The number of aliphatic hydroxyl groups is 2. The summed E-state index contributed by atoms with van der Waals surface area (Å²) in [7, 11) is 0. The smallest absolute Gasteiger partial charge is 0.0648 e.